The van der Waals surface area contributed by atoms with Gasteiger partial charge in [0.1, 0.15) is 0 Å². The summed E-state index contributed by atoms with van der Waals surface area (Å²) in [6.45, 7) is 0. The Morgan fingerprint density at radius 2 is 1.28 bits per heavy atom. The Kier molecular flexibility index (Phi) is 3.52. The molecule has 2 aromatic heterocycles. The van der Waals surface area contributed by atoms with Crippen molar-refractivity contribution in [3.05, 3.63) is 34.0 Å². The lowest BCUT2D eigenvalue weighted by molar-refractivity contribution is 0.0103. The van der Waals surface area contributed by atoms with Gasteiger partial charge >= 0.3 is 0 Å². The molecule has 0 saturated carbocycles. The predicted molar refractivity (Wildman–Crippen MR) is 76.3 cm³/mol. The first-order valence-electron chi connectivity index (χ1n) is 6.25. The van der Waals surface area contributed by atoms with Gasteiger partial charge in [-0.2, -0.15) is 0 Å². The molecule has 0 unspecified atom stereocenters. The van der Waals surface area contributed by atoms with Gasteiger partial charge in [0.05, 0.1) is 12.2 Å². The van der Waals surface area contributed by atoms with Gasteiger partial charge in [0.25, 0.3) is 0 Å². The number of hydrogen-bond donors (Lipinski definition) is 2. The van der Waals surface area contributed by atoms with E-state index in [4.69, 9.17) is 0 Å². The molecule has 2 nitrogen and oxygen atoms in total. The molecular formula is C14H16O2S2. The summed E-state index contributed by atoms with van der Waals surface area (Å²) in [7, 11) is 0. The smallest absolute Gasteiger partial charge is 0.0802 e. The Morgan fingerprint density at radius 1 is 0.833 bits per heavy atom. The summed E-state index contributed by atoms with van der Waals surface area (Å²) in [5.41, 5.74) is 2.61. The molecule has 3 rings (SSSR count). The third-order valence-corrected chi connectivity index (χ3v) is 5.64. The molecular weight excluding hydrogens is 264 g/mol. The molecule has 4 heteroatoms. The van der Waals surface area contributed by atoms with E-state index in [1.165, 1.54) is 20.9 Å². The van der Waals surface area contributed by atoms with Crippen molar-refractivity contribution in [1.29, 1.82) is 0 Å². The molecule has 2 heterocycles. The van der Waals surface area contributed by atoms with Crippen LogP contribution in [0.25, 0.3) is 9.75 Å². The quantitative estimate of drug-likeness (QED) is 0.778. The highest BCUT2D eigenvalue weighted by Gasteiger charge is 2.21. The molecule has 0 aliphatic heterocycles. The van der Waals surface area contributed by atoms with Crippen LogP contribution in [0.3, 0.4) is 0 Å². The molecule has 2 N–H and O–H groups in total. The number of hydrogen-bond acceptors (Lipinski definition) is 4. The van der Waals surface area contributed by atoms with E-state index in [0.717, 1.165) is 12.8 Å². The number of aryl methyl sites for hydroxylation is 2. The highest BCUT2D eigenvalue weighted by molar-refractivity contribution is 7.20. The minimum Gasteiger partial charge on any atom is -0.390 e. The lowest BCUT2D eigenvalue weighted by Gasteiger charge is -2.19. The van der Waals surface area contributed by atoms with E-state index in [2.05, 4.69) is 22.9 Å². The summed E-state index contributed by atoms with van der Waals surface area (Å²) in [4.78, 5) is 2.70. The van der Waals surface area contributed by atoms with Crippen LogP contribution >= 0.6 is 22.7 Å². The highest BCUT2D eigenvalue weighted by atomic mass is 32.1. The standard InChI is InChI=1S/C14H16O2S2/c15-11-3-1-9-5-7-17-13(9)14-10(6-8-18-14)2-4-12(11)16/h5-8,11-12,15-16H,1-4H2/t11-,12+. The molecule has 0 aromatic carbocycles. The van der Waals surface area contributed by atoms with E-state index in [0.29, 0.717) is 12.8 Å². The Bertz CT molecular complexity index is 481. The molecule has 2 aromatic rings. The summed E-state index contributed by atoms with van der Waals surface area (Å²) < 4.78 is 0. The topological polar surface area (TPSA) is 40.5 Å². The third-order valence-electron chi connectivity index (χ3n) is 3.56. The number of fused-ring (bicyclic) bond motifs is 3. The third kappa shape index (κ3) is 2.26. The highest BCUT2D eigenvalue weighted by Crippen LogP contribution is 2.38. The number of aliphatic hydroxyl groups is 2. The van der Waals surface area contributed by atoms with E-state index >= 15 is 0 Å². The number of rotatable bonds is 0. The SMILES string of the molecule is O[C@@H]1CCc2ccsc2-c2sccc2CC[C@@H]1O. The van der Waals surface area contributed by atoms with Crippen LogP contribution in [0.5, 0.6) is 0 Å². The first kappa shape index (κ1) is 12.4. The van der Waals surface area contributed by atoms with Crippen molar-refractivity contribution in [3.8, 4) is 9.75 Å². The predicted octanol–water partition coefficient (Wildman–Crippen LogP) is 3.08. The van der Waals surface area contributed by atoms with Crippen molar-refractivity contribution in [2.24, 2.45) is 0 Å². The number of thiophene rings is 2. The zero-order valence-electron chi connectivity index (χ0n) is 10.0. The zero-order chi connectivity index (χ0) is 12.5. The Labute approximate surface area is 115 Å². The van der Waals surface area contributed by atoms with Crippen LogP contribution in [-0.4, -0.2) is 22.4 Å². The lowest BCUT2D eigenvalue weighted by atomic mass is 9.96. The van der Waals surface area contributed by atoms with Gasteiger partial charge in [-0.05, 0) is 59.7 Å². The fourth-order valence-corrected chi connectivity index (χ4v) is 4.60. The van der Waals surface area contributed by atoms with E-state index in [1.807, 2.05) is 0 Å². The normalized spacial score (nSPS) is 24.3. The molecule has 2 atom stereocenters. The fraction of sp³-hybridized carbons (Fsp3) is 0.429. The Hall–Kier alpha value is -0.680. The summed E-state index contributed by atoms with van der Waals surface area (Å²) in [5.74, 6) is 0. The average Bonchev–Trinajstić information content (AvgIpc) is 2.99. The average molecular weight is 280 g/mol. The molecule has 0 spiro atoms. The molecule has 0 fully saturated rings. The summed E-state index contributed by atoms with van der Waals surface area (Å²) in [6.07, 6.45) is 1.77. The van der Waals surface area contributed by atoms with Gasteiger partial charge in [0.2, 0.25) is 0 Å². The van der Waals surface area contributed by atoms with Crippen molar-refractivity contribution in [2.75, 3.05) is 0 Å². The van der Waals surface area contributed by atoms with Crippen molar-refractivity contribution >= 4 is 22.7 Å². The first-order chi connectivity index (χ1) is 8.75. The van der Waals surface area contributed by atoms with Gasteiger partial charge in [-0.15, -0.1) is 22.7 Å². The van der Waals surface area contributed by atoms with Gasteiger partial charge in [-0.25, -0.2) is 0 Å². The van der Waals surface area contributed by atoms with E-state index in [-0.39, 0.29) is 0 Å². The minimum absolute atomic E-state index is 0.599. The van der Waals surface area contributed by atoms with Gasteiger partial charge < -0.3 is 10.2 Å². The van der Waals surface area contributed by atoms with Gasteiger partial charge in [-0.3, -0.25) is 0 Å². The largest absolute Gasteiger partial charge is 0.390 e. The molecule has 1 aliphatic carbocycles. The minimum atomic E-state index is -0.599. The van der Waals surface area contributed by atoms with Crippen molar-refractivity contribution < 1.29 is 10.2 Å². The molecule has 96 valence electrons. The van der Waals surface area contributed by atoms with Crippen molar-refractivity contribution in [3.63, 3.8) is 0 Å². The second-order valence-corrected chi connectivity index (χ2v) is 6.59. The van der Waals surface area contributed by atoms with Gasteiger partial charge in [0, 0.05) is 9.75 Å². The second kappa shape index (κ2) is 5.13. The number of aliphatic hydroxyl groups excluding tert-OH is 2. The molecule has 0 saturated heterocycles. The summed E-state index contributed by atoms with van der Waals surface area (Å²) in [5, 5.41) is 24.1. The second-order valence-electron chi connectivity index (χ2n) is 4.76. The lowest BCUT2D eigenvalue weighted by Crippen LogP contribution is -2.27. The van der Waals surface area contributed by atoms with E-state index in [1.54, 1.807) is 22.7 Å². The van der Waals surface area contributed by atoms with Crippen LogP contribution in [0, 0.1) is 0 Å². The Morgan fingerprint density at radius 3 is 1.72 bits per heavy atom. The zero-order valence-corrected chi connectivity index (χ0v) is 11.6. The van der Waals surface area contributed by atoms with Crippen molar-refractivity contribution in [2.45, 2.75) is 37.9 Å². The van der Waals surface area contributed by atoms with Crippen LogP contribution < -0.4 is 0 Å². The molecule has 1 aliphatic rings. The Balaban J connectivity index is 2.01. The van der Waals surface area contributed by atoms with Crippen molar-refractivity contribution in [1.82, 2.24) is 0 Å². The molecule has 0 amide bonds. The van der Waals surface area contributed by atoms with E-state index in [9.17, 15) is 10.2 Å². The maximum Gasteiger partial charge on any atom is 0.0802 e. The molecule has 18 heavy (non-hydrogen) atoms. The van der Waals surface area contributed by atoms with Gasteiger partial charge in [0.15, 0.2) is 0 Å². The van der Waals surface area contributed by atoms with Crippen LogP contribution in [0.2, 0.25) is 0 Å². The monoisotopic (exact) mass is 280 g/mol. The first-order valence-corrected chi connectivity index (χ1v) is 8.01. The van der Waals surface area contributed by atoms with Crippen LogP contribution in [0.1, 0.15) is 24.0 Å². The van der Waals surface area contributed by atoms with Gasteiger partial charge in [-0.1, -0.05) is 0 Å². The maximum atomic E-state index is 9.92. The maximum absolute atomic E-state index is 9.92. The molecule has 0 radical (unpaired) electrons. The van der Waals surface area contributed by atoms with Crippen LogP contribution in [0.15, 0.2) is 22.9 Å². The summed E-state index contributed by atoms with van der Waals surface area (Å²) >= 11 is 3.56. The van der Waals surface area contributed by atoms with Crippen LogP contribution in [-0.2, 0) is 12.8 Å². The fourth-order valence-electron chi connectivity index (χ4n) is 2.46. The van der Waals surface area contributed by atoms with E-state index < -0.39 is 12.2 Å². The molecule has 0 bridgehead atoms. The summed E-state index contributed by atoms with van der Waals surface area (Å²) in [6, 6.07) is 4.29. The van der Waals surface area contributed by atoms with Crippen LogP contribution in [0.4, 0.5) is 0 Å².